The van der Waals surface area contributed by atoms with Crippen LogP contribution in [0.1, 0.15) is 43.5 Å². The van der Waals surface area contributed by atoms with Crippen molar-refractivity contribution in [2.45, 2.75) is 44.4 Å². The number of rotatable bonds is 9. The molecule has 3 aromatic carbocycles. The molecule has 0 saturated heterocycles. The molecule has 0 amide bonds. The zero-order chi connectivity index (χ0) is 31.7. The van der Waals surface area contributed by atoms with Gasteiger partial charge in [0, 0.05) is 4.90 Å². The van der Waals surface area contributed by atoms with Gasteiger partial charge in [0.1, 0.15) is 6.61 Å². The van der Waals surface area contributed by atoms with Gasteiger partial charge in [-0.05, 0) is 86.2 Å². The number of hydrogen-bond donors (Lipinski definition) is 0. The third kappa shape index (κ3) is 6.23. The Labute approximate surface area is 268 Å². The van der Waals surface area contributed by atoms with E-state index in [1.165, 1.54) is 11.3 Å². The molecule has 0 aliphatic carbocycles. The third-order valence-electron chi connectivity index (χ3n) is 7.33. The van der Waals surface area contributed by atoms with E-state index in [-0.39, 0.29) is 18.5 Å². The Morgan fingerprint density at radius 1 is 1.09 bits per heavy atom. The fourth-order valence-electron chi connectivity index (χ4n) is 5.20. The number of ether oxygens (including phenoxy) is 5. The standard InChI is InChI=1S/C34H32N2O7S2/c1-19(2)43-33(38)30-20(3)35-34-36(31(30)23-8-10-24(44-5)11-9-23)32(37)29(45-34)16-21-6-12-25(27(14-21)39-4)40-17-22-7-13-26-28(15-22)42-18-41-26/h6-16,19,31H,17-18H2,1-5H3/b29-16-/t31-/m0/s1. The summed E-state index contributed by atoms with van der Waals surface area (Å²) in [5.41, 5.74) is 3.11. The number of nitrogens with zero attached hydrogens (tertiary/aromatic N) is 2. The molecular weight excluding hydrogens is 613 g/mol. The van der Waals surface area contributed by atoms with Gasteiger partial charge in [0.25, 0.3) is 5.56 Å². The van der Waals surface area contributed by atoms with E-state index < -0.39 is 12.0 Å². The predicted molar refractivity (Wildman–Crippen MR) is 173 cm³/mol. The predicted octanol–water partition coefficient (Wildman–Crippen LogP) is 5.23. The van der Waals surface area contributed by atoms with Crippen molar-refractivity contribution in [1.82, 2.24) is 4.57 Å². The maximum Gasteiger partial charge on any atom is 0.338 e. The first-order valence-electron chi connectivity index (χ1n) is 14.3. The van der Waals surface area contributed by atoms with Gasteiger partial charge in [0.2, 0.25) is 6.79 Å². The highest BCUT2D eigenvalue weighted by molar-refractivity contribution is 7.98. The summed E-state index contributed by atoms with van der Waals surface area (Å²) in [6.45, 7) is 5.90. The molecule has 0 unspecified atom stereocenters. The largest absolute Gasteiger partial charge is 0.493 e. The summed E-state index contributed by atoms with van der Waals surface area (Å²) in [7, 11) is 1.57. The number of aromatic nitrogens is 1. The van der Waals surface area contributed by atoms with E-state index in [1.807, 2.05) is 66.9 Å². The smallest absolute Gasteiger partial charge is 0.338 e. The lowest BCUT2D eigenvalue weighted by molar-refractivity contribution is -0.143. The molecule has 4 aromatic rings. The molecule has 1 aromatic heterocycles. The summed E-state index contributed by atoms with van der Waals surface area (Å²) in [6.07, 6.45) is 3.48. The Bertz CT molecular complexity index is 1980. The average Bonchev–Trinajstić information content (AvgIpc) is 3.62. The molecule has 11 heteroatoms. The molecule has 2 aliphatic heterocycles. The van der Waals surface area contributed by atoms with E-state index in [4.69, 9.17) is 23.7 Å². The molecule has 0 saturated carbocycles. The Hall–Kier alpha value is -4.48. The molecule has 232 valence electrons. The second kappa shape index (κ2) is 12.9. The number of hydrogen-bond acceptors (Lipinski definition) is 10. The molecule has 0 bridgehead atoms. The van der Waals surface area contributed by atoms with Crippen LogP contribution in [0.2, 0.25) is 0 Å². The van der Waals surface area contributed by atoms with Crippen molar-refractivity contribution >= 4 is 35.1 Å². The summed E-state index contributed by atoms with van der Waals surface area (Å²) in [5, 5.41) is 0. The zero-order valence-electron chi connectivity index (χ0n) is 25.5. The number of fused-ring (bicyclic) bond motifs is 2. The van der Waals surface area contributed by atoms with Crippen LogP contribution in [0.5, 0.6) is 23.0 Å². The molecule has 0 fully saturated rings. The van der Waals surface area contributed by atoms with E-state index >= 15 is 0 Å². The first-order chi connectivity index (χ1) is 21.7. The highest BCUT2D eigenvalue weighted by Crippen LogP contribution is 2.35. The first kappa shape index (κ1) is 30.5. The van der Waals surface area contributed by atoms with Gasteiger partial charge in [0.15, 0.2) is 27.8 Å². The minimum Gasteiger partial charge on any atom is -0.493 e. The van der Waals surface area contributed by atoms with Crippen molar-refractivity contribution in [1.29, 1.82) is 0 Å². The van der Waals surface area contributed by atoms with E-state index in [2.05, 4.69) is 4.99 Å². The van der Waals surface area contributed by atoms with Crippen LogP contribution >= 0.6 is 23.1 Å². The zero-order valence-corrected chi connectivity index (χ0v) is 27.1. The maximum absolute atomic E-state index is 14.0. The molecule has 6 rings (SSSR count). The van der Waals surface area contributed by atoms with Crippen molar-refractivity contribution in [3.63, 3.8) is 0 Å². The molecule has 0 radical (unpaired) electrons. The van der Waals surface area contributed by atoms with Crippen molar-refractivity contribution in [3.8, 4) is 23.0 Å². The number of benzene rings is 3. The fourth-order valence-corrected chi connectivity index (χ4v) is 6.65. The summed E-state index contributed by atoms with van der Waals surface area (Å²) in [6, 6.07) is 18.4. The van der Waals surface area contributed by atoms with E-state index in [0.717, 1.165) is 21.6 Å². The SMILES string of the molecule is COc1cc(/C=c2\sc3n(c2=O)[C@@H](c2ccc(SC)cc2)C(C(=O)OC(C)C)=C(C)N=3)ccc1OCc1ccc2c(c1)OCO2. The summed E-state index contributed by atoms with van der Waals surface area (Å²) in [4.78, 5) is 33.6. The Morgan fingerprint density at radius 3 is 2.60 bits per heavy atom. The number of thiazole rings is 1. The lowest BCUT2D eigenvalue weighted by Gasteiger charge is -2.25. The van der Waals surface area contributed by atoms with Crippen molar-refractivity contribution in [3.05, 3.63) is 108 Å². The highest BCUT2D eigenvalue weighted by atomic mass is 32.2. The van der Waals surface area contributed by atoms with E-state index in [1.54, 1.807) is 50.3 Å². The van der Waals surface area contributed by atoms with Crippen LogP contribution in [0.3, 0.4) is 0 Å². The maximum atomic E-state index is 14.0. The number of carbonyl (C=O) groups is 1. The molecule has 2 aliphatic rings. The molecule has 0 N–H and O–H groups in total. The Morgan fingerprint density at radius 2 is 1.87 bits per heavy atom. The number of esters is 1. The van der Waals surface area contributed by atoms with Gasteiger partial charge in [-0.3, -0.25) is 9.36 Å². The summed E-state index contributed by atoms with van der Waals surface area (Å²) >= 11 is 2.89. The Balaban J connectivity index is 1.34. The minimum absolute atomic E-state index is 0.213. The van der Waals surface area contributed by atoms with Crippen molar-refractivity contribution < 1.29 is 28.5 Å². The second-order valence-corrected chi connectivity index (χ2v) is 12.6. The van der Waals surface area contributed by atoms with Crippen molar-refractivity contribution in [2.24, 2.45) is 4.99 Å². The summed E-state index contributed by atoms with van der Waals surface area (Å²) < 4.78 is 30.2. The first-order valence-corrected chi connectivity index (χ1v) is 16.4. The van der Waals surface area contributed by atoms with Crippen LogP contribution in [-0.4, -0.2) is 36.8 Å². The highest BCUT2D eigenvalue weighted by Gasteiger charge is 2.33. The van der Waals surface area contributed by atoms with Gasteiger partial charge < -0.3 is 23.7 Å². The lowest BCUT2D eigenvalue weighted by atomic mass is 9.96. The Kier molecular flexibility index (Phi) is 8.73. The quantitative estimate of drug-likeness (QED) is 0.181. The average molecular weight is 645 g/mol. The van der Waals surface area contributed by atoms with Crippen LogP contribution in [0, 0.1) is 0 Å². The third-order valence-corrected chi connectivity index (χ3v) is 9.06. The van der Waals surface area contributed by atoms with Gasteiger partial charge in [-0.1, -0.05) is 35.6 Å². The van der Waals surface area contributed by atoms with Gasteiger partial charge in [-0.15, -0.1) is 11.8 Å². The lowest BCUT2D eigenvalue weighted by Crippen LogP contribution is -2.40. The number of carbonyl (C=O) groups excluding carboxylic acids is 1. The van der Waals surface area contributed by atoms with Gasteiger partial charge in [0.05, 0.1) is 35.1 Å². The van der Waals surface area contributed by atoms with E-state index in [0.29, 0.717) is 50.2 Å². The number of methoxy groups -OCH3 is 1. The fraction of sp³-hybridized carbons (Fsp3) is 0.265. The van der Waals surface area contributed by atoms with Gasteiger partial charge in [-0.2, -0.15) is 0 Å². The van der Waals surface area contributed by atoms with E-state index in [9.17, 15) is 9.59 Å². The molecule has 45 heavy (non-hydrogen) atoms. The van der Waals surface area contributed by atoms with Crippen molar-refractivity contribution in [2.75, 3.05) is 20.2 Å². The molecule has 1 atom stereocenters. The molecule has 0 spiro atoms. The summed E-state index contributed by atoms with van der Waals surface area (Å²) in [5.74, 6) is 2.01. The molecular formula is C34H32N2O7S2. The number of allylic oxidation sites excluding steroid dienone is 1. The number of thioether (sulfide) groups is 1. The normalized spacial score (nSPS) is 15.6. The van der Waals surface area contributed by atoms with Crippen LogP contribution in [0.4, 0.5) is 0 Å². The topological polar surface area (TPSA) is 97.6 Å². The molecule has 9 nitrogen and oxygen atoms in total. The minimum atomic E-state index is -0.674. The second-order valence-electron chi connectivity index (χ2n) is 10.7. The van der Waals surface area contributed by atoms with Crippen LogP contribution in [-0.2, 0) is 16.1 Å². The van der Waals surface area contributed by atoms with Gasteiger partial charge >= 0.3 is 5.97 Å². The molecule has 3 heterocycles. The van der Waals surface area contributed by atoms with Crippen LogP contribution < -0.4 is 33.8 Å². The monoisotopic (exact) mass is 644 g/mol. The van der Waals surface area contributed by atoms with Gasteiger partial charge in [-0.25, -0.2) is 9.79 Å². The van der Waals surface area contributed by atoms with Crippen LogP contribution in [0.25, 0.3) is 6.08 Å². The van der Waals surface area contributed by atoms with Crippen LogP contribution in [0.15, 0.2) is 86.6 Å².